The second-order valence-corrected chi connectivity index (χ2v) is 3.64. The highest BCUT2D eigenvalue weighted by Gasteiger charge is 2.07. The van der Waals surface area contributed by atoms with Crippen molar-refractivity contribution >= 4 is 5.57 Å². The van der Waals surface area contributed by atoms with E-state index in [2.05, 4.69) is 0 Å². The molecule has 0 nitrogen and oxygen atoms in total. The van der Waals surface area contributed by atoms with Gasteiger partial charge in [-0.2, -0.15) is 0 Å². The van der Waals surface area contributed by atoms with Gasteiger partial charge in [0.25, 0.3) is 0 Å². The number of hydrogen-bond donors (Lipinski definition) is 0. The van der Waals surface area contributed by atoms with Crippen molar-refractivity contribution in [3.05, 3.63) is 77.6 Å². The van der Waals surface area contributed by atoms with Crippen LogP contribution in [-0.4, -0.2) is 0 Å². The standard InChI is InChI=1S/C15H13F/c1-12(16)15(13-8-4-2-5-9-13)14-10-6-3-7-11-14/h2-11H,1H3. The summed E-state index contributed by atoms with van der Waals surface area (Å²) in [4.78, 5) is 0. The van der Waals surface area contributed by atoms with E-state index in [0.717, 1.165) is 11.1 Å². The predicted molar refractivity (Wildman–Crippen MR) is 65.7 cm³/mol. The van der Waals surface area contributed by atoms with Crippen LogP contribution in [0.25, 0.3) is 5.57 Å². The molecule has 0 spiro atoms. The monoisotopic (exact) mass is 212 g/mol. The summed E-state index contributed by atoms with van der Waals surface area (Å²) in [5, 5.41) is 0. The molecule has 0 heterocycles. The van der Waals surface area contributed by atoms with Crippen LogP contribution in [0.15, 0.2) is 66.5 Å². The average Bonchev–Trinajstić information content (AvgIpc) is 2.31. The van der Waals surface area contributed by atoms with Crippen molar-refractivity contribution < 1.29 is 4.39 Å². The lowest BCUT2D eigenvalue weighted by atomic mass is 9.97. The summed E-state index contributed by atoms with van der Waals surface area (Å²) >= 11 is 0. The molecule has 0 N–H and O–H groups in total. The lowest BCUT2D eigenvalue weighted by Gasteiger charge is -2.08. The molecule has 2 aromatic carbocycles. The molecular weight excluding hydrogens is 199 g/mol. The summed E-state index contributed by atoms with van der Waals surface area (Å²) in [5.74, 6) is -0.155. The molecule has 80 valence electrons. The lowest BCUT2D eigenvalue weighted by molar-refractivity contribution is 0.644. The first-order valence-corrected chi connectivity index (χ1v) is 5.26. The molecule has 2 aromatic rings. The lowest BCUT2D eigenvalue weighted by Crippen LogP contribution is -1.89. The quantitative estimate of drug-likeness (QED) is 0.690. The van der Waals surface area contributed by atoms with Gasteiger partial charge in [0.1, 0.15) is 5.83 Å². The molecule has 0 saturated carbocycles. The Kier molecular flexibility index (Phi) is 3.16. The second kappa shape index (κ2) is 4.75. The summed E-state index contributed by atoms with van der Waals surface area (Å²) in [7, 11) is 0. The van der Waals surface area contributed by atoms with E-state index in [4.69, 9.17) is 0 Å². The fourth-order valence-electron chi connectivity index (χ4n) is 1.77. The van der Waals surface area contributed by atoms with Gasteiger partial charge in [0.15, 0.2) is 0 Å². The minimum atomic E-state index is -0.155. The zero-order chi connectivity index (χ0) is 11.4. The maximum absolute atomic E-state index is 13.6. The summed E-state index contributed by atoms with van der Waals surface area (Å²) in [6, 6.07) is 19.2. The molecule has 0 fully saturated rings. The molecule has 2 rings (SSSR count). The minimum absolute atomic E-state index is 0.155. The third-order valence-electron chi connectivity index (χ3n) is 2.47. The molecule has 0 amide bonds. The maximum Gasteiger partial charge on any atom is 0.105 e. The van der Waals surface area contributed by atoms with Crippen molar-refractivity contribution in [2.75, 3.05) is 0 Å². The van der Waals surface area contributed by atoms with Gasteiger partial charge in [0, 0.05) is 5.57 Å². The van der Waals surface area contributed by atoms with Gasteiger partial charge in [-0.1, -0.05) is 60.7 Å². The van der Waals surface area contributed by atoms with E-state index in [1.165, 1.54) is 6.92 Å². The van der Waals surface area contributed by atoms with E-state index >= 15 is 0 Å². The van der Waals surface area contributed by atoms with Gasteiger partial charge in [0.05, 0.1) is 0 Å². The topological polar surface area (TPSA) is 0 Å². The second-order valence-electron chi connectivity index (χ2n) is 3.64. The molecule has 0 aliphatic carbocycles. The first-order valence-electron chi connectivity index (χ1n) is 5.26. The number of allylic oxidation sites excluding steroid dienone is 1. The highest BCUT2D eigenvalue weighted by Crippen LogP contribution is 2.26. The van der Waals surface area contributed by atoms with Crippen LogP contribution in [0.5, 0.6) is 0 Å². The molecule has 0 saturated heterocycles. The van der Waals surface area contributed by atoms with E-state index in [9.17, 15) is 4.39 Å². The van der Waals surface area contributed by atoms with Crippen LogP contribution in [-0.2, 0) is 0 Å². The molecule has 1 heteroatoms. The Labute approximate surface area is 95.1 Å². The molecule has 0 bridgehead atoms. The molecule has 0 radical (unpaired) electrons. The molecular formula is C15H13F. The Morgan fingerprint density at radius 1 is 0.750 bits per heavy atom. The van der Waals surface area contributed by atoms with Crippen molar-refractivity contribution in [2.24, 2.45) is 0 Å². The molecule has 0 atom stereocenters. The van der Waals surface area contributed by atoms with Gasteiger partial charge in [-0.25, -0.2) is 4.39 Å². The Morgan fingerprint density at radius 2 is 1.12 bits per heavy atom. The predicted octanol–water partition coefficient (Wildman–Crippen LogP) is 4.44. The Hall–Kier alpha value is -1.89. The van der Waals surface area contributed by atoms with Crippen molar-refractivity contribution in [3.63, 3.8) is 0 Å². The van der Waals surface area contributed by atoms with Crippen molar-refractivity contribution in [1.82, 2.24) is 0 Å². The van der Waals surface area contributed by atoms with E-state index in [0.29, 0.717) is 5.57 Å². The molecule has 0 aliphatic heterocycles. The Balaban J connectivity index is 2.54. The van der Waals surface area contributed by atoms with Gasteiger partial charge < -0.3 is 0 Å². The zero-order valence-electron chi connectivity index (χ0n) is 9.15. The third-order valence-corrected chi connectivity index (χ3v) is 2.47. The smallest absolute Gasteiger partial charge is 0.105 e. The highest BCUT2D eigenvalue weighted by atomic mass is 19.1. The van der Waals surface area contributed by atoms with Crippen LogP contribution in [0.1, 0.15) is 18.1 Å². The summed E-state index contributed by atoms with van der Waals surface area (Å²) in [6.45, 7) is 1.50. The first-order chi connectivity index (χ1) is 7.79. The fourth-order valence-corrected chi connectivity index (χ4v) is 1.77. The number of benzene rings is 2. The molecule has 0 unspecified atom stereocenters. The first kappa shape index (κ1) is 10.6. The highest BCUT2D eigenvalue weighted by molar-refractivity contribution is 5.80. The van der Waals surface area contributed by atoms with E-state index in [1.54, 1.807) is 0 Å². The van der Waals surface area contributed by atoms with Crippen LogP contribution in [0.2, 0.25) is 0 Å². The van der Waals surface area contributed by atoms with Crippen LogP contribution >= 0.6 is 0 Å². The van der Waals surface area contributed by atoms with Gasteiger partial charge in [-0.3, -0.25) is 0 Å². The third kappa shape index (κ3) is 2.19. The molecule has 16 heavy (non-hydrogen) atoms. The number of halogens is 1. The SMILES string of the molecule is CC(F)=C(c1ccccc1)c1ccccc1. The molecule has 0 aliphatic rings. The number of hydrogen-bond acceptors (Lipinski definition) is 0. The normalized spacial score (nSPS) is 9.88. The van der Waals surface area contributed by atoms with Gasteiger partial charge in [-0.15, -0.1) is 0 Å². The van der Waals surface area contributed by atoms with Crippen LogP contribution < -0.4 is 0 Å². The summed E-state index contributed by atoms with van der Waals surface area (Å²) in [5.41, 5.74) is 2.49. The Morgan fingerprint density at radius 3 is 1.44 bits per heavy atom. The minimum Gasteiger partial charge on any atom is -0.211 e. The zero-order valence-corrected chi connectivity index (χ0v) is 9.15. The average molecular weight is 212 g/mol. The largest absolute Gasteiger partial charge is 0.211 e. The number of rotatable bonds is 2. The van der Waals surface area contributed by atoms with Crippen molar-refractivity contribution in [2.45, 2.75) is 6.92 Å². The Bertz CT molecular complexity index is 438. The van der Waals surface area contributed by atoms with Crippen LogP contribution in [0, 0.1) is 0 Å². The summed E-state index contributed by atoms with van der Waals surface area (Å²) in [6.07, 6.45) is 0. The van der Waals surface area contributed by atoms with Crippen molar-refractivity contribution in [1.29, 1.82) is 0 Å². The van der Waals surface area contributed by atoms with Gasteiger partial charge >= 0.3 is 0 Å². The maximum atomic E-state index is 13.6. The van der Waals surface area contributed by atoms with Gasteiger partial charge in [-0.05, 0) is 18.1 Å². The fraction of sp³-hybridized carbons (Fsp3) is 0.0667. The summed E-state index contributed by atoms with van der Waals surface area (Å²) < 4.78 is 13.6. The van der Waals surface area contributed by atoms with E-state index < -0.39 is 0 Å². The van der Waals surface area contributed by atoms with Gasteiger partial charge in [0.2, 0.25) is 0 Å². The van der Waals surface area contributed by atoms with Crippen LogP contribution in [0.4, 0.5) is 4.39 Å². The van der Waals surface area contributed by atoms with E-state index in [1.807, 2.05) is 60.7 Å². The van der Waals surface area contributed by atoms with E-state index in [-0.39, 0.29) is 5.83 Å². The van der Waals surface area contributed by atoms with Crippen LogP contribution in [0.3, 0.4) is 0 Å². The van der Waals surface area contributed by atoms with Crippen molar-refractivity contribution in [3.8, 4) is 0 Å². The molecule has 0 aromatic heterocycles.